The van der Waals surface area contributed by atoms with Gasteiger partial charge in [-0.05, 0) is 55.8 Å². The number of rotatable bonds is 5. The van der Waals surface area contributed by atoms with Gasteiger partial charge in [0.1, 0.15) is 5.82 Å². The van der Waals surface area contributed by atoms with Crippen LogP contribution >= 0.6 is 0 Å². The third-order valence-electron chi connectivity index (χ3n) is 4.30. The minimum absolute atomic E-state index is 0.0337. The number of aryl methyl sites for hydroxylation is 1. The van der Waals surface area contributed by atoms with Gasteiger partial charge in [-0.1, -0.05) is 42.0 Å². The minimum atomic E-state index is -0.585. The van der Waals surface area contributed by atoms with Gasteiger partial charge in [0.25, 0.3) is 11.8 Å². The summed E-state index contributed by atoms with van der Waals surface area (Å²) in [5.74, 6) is -1.44. The largest absolute Gasteiger partial charge is 0.322 e. The van der Waals surface area contributed by atoms with Gasteiger partial charge in [0.2, 0.25) is 0 Å². The summed E-state index contributed by atoms with van der Waals surface area (Å²) in [7, 11) is 0. The first-order chi connectivity index (χ1) is 13.9. The third kappa shape index (κ3) is 5.13. The normalized spacial score (nSPS) is 11.1. The molecule has 3 rings (SSSR count). The molecular formula is C23H20FN3O2. The zero-order chi connectivity index (χ0) is 20.8. The molecule has 0 bridgehead atoms. The molecular weight excluding hydrogens is 369 g/mol. The number of nitrogens with one attached hydrogen (secondary N) is 2. The van der Waals surface area contributed by atoms with E-state index in [1.54, 1.807) is 49.4 Å². The summed E-state index contributed by atoms with van der Waals surface area (Å²) in [6, 6.07) is 19.9. The molecule has 0 spiro atoms. The molecule has 0 aromatic heterocycles. The summed E-state index contributed by atoms with van der Waals surface area (Å²) in [5, 5.41) is 6.80. The Labute approximate surface area is 168 Å². The second-order valence-corrected chi connectivity index (χ2v) is 6.52. The first-order valence-electron chi connectivity index (χ1n) is 9.01. The molecule has 0 atom stereocenters. The van der Waals surface area contributed by atoms with Gasteiger partial charge in [-0.3, -0.25) is 9.59 Å². The molecule has 0 radical (unpaired) electrons. The Morgan fingerprint density at radius 2 is 1.59 bits per heavy atom. The molecule has 0 aliphatic heterocycles. The Bertz CT molecular complexity index is 1080. The van der Waals surface area contributed by atoms with E-state index in [0.29, 0.717) is 22.5 Å². The van der Waals surface area contributed by atoms with E-state index in [4.69, 9.17) is 0 Å². The van der Waals surface area contributed by atoms with Crippen LogP contribution in [0, 0.1) is 12.7 Å². The fourth-order valence-electron chi connectivity index (χ4n) is 2.63. The SMILES string of the molecule is C/C(=N/NC(=O)c1ccc(C)cc1)c1cccc(NC(=O)c2ccccc2F)c1. The fourth-order valence-corrected chi connectivity index (χ4v) is 2.63. The highest BCUT2D eigenvalue weighted by atomic mass is 19.1. The molecule has 5 nitrogen and oxygen atoms in total. The first-order valence-corrected chi connectivity index (χ1v) is 9.01. The lowest BCUT2D eigenvalue weighted by atomic mass is 10.1. The average molecular weight is 389 g/mol. The maximum absolute atomic E-state index is 13.8. The van der Waals surface area contributed by atoms with E-state index in [-0.39, 0.29) is 11.5 Å². The van der Waals surface area contributed by atoms with E-state index >= 15 is 0 Å². The molecule has 0 unspecified atom stereocenters. The van der Waals surface area contributed by atoms with Crippen LogP contribution in [0.15, 0.2) is 77.9 Å². The van der Waals surface area contributed by atoms with E-state index in [0.717, 1.165) is 5.56 Å². The molecule has 0 saturated carbocycles. The summed E-state index contributed by atoms with van der Waals surface area (Å²) in [5.41, 5.74) is 5.83. The van der Waals surface area contributed by atoms with Gasteiger partial charge < -0.3 is 5.32 Å². The van der Waals surface area contributed by atoms with E-state index in [9.17, 15) is 14.0 Å². The molecule has 3 aromatic rings. The molecule has 0 aliphatic carbocycles. The summed E-state index contributed by atoms with van der Waals surface area (Å²) >= 11 is 0. The monoisotopic (exact) mass is 389 g/mol. The van der Waals surface area contributed by atoms with E-state index < -0.39 is 11.7 Å². The number of anilines is 1. The number of halogens is 1. The van der Waals surface area contributed by atoms with Gasteiger partial charge in [-0.2, -0.15) is 5.10 Å². The summed E-state index contributed by atoms with van der Waals surface area (Å²) in [6.45, 7) is 3.69. The number of hydrazone groups is 1. The molecule has 0 saturated heterocycles. The van der Waals surface area contributed by atoms with Crippen LogP contribution in [0.4, 0.5) is 10.1 Å². The highest BCUT2D eigenvalue weighted by Gasteiger charge is 2.11. The highest BCUT2D eigenvalue weighted by Crippen LogP contribution is 2.15. The molecule has 0 aliphatic rings. The third-order valence-corrected chi connectivity index (χ3v) is 4.30. The van der Waals surface area contributed by atoms with Crippen molar-refractivity contribution in [2.75, 3.05) is 5.32 Å². The van der Waals surface area contributed by atoms with Crippen LogP contribution in [0.1, 0.15) is 38.8 Å². The number of hydrogen-bond acceptors (Lipinski definition) is 3. The van der Waals surface area contributed by atoms with Gasteiger partial charge in [-0.25, -0.2) is 9.82 Å². The van der Waals surface area contributed by atoms with Crippen LogP contribution in [0.2, 0.25) is 0 Å². The van der Waals surface area contributed by atoms with Gasteiger partial charge in [0.15, 0.2) is 0 Å². The molecule has 146 valence electrons. The van der Waals surface area contributed by atoms with Gasteiger partial charge in [0.05, 0.1) is 11.3 Å². The van der Waals surface area contributed by atoms with Gasteiger partial charge >= 0.3 is 0 Å². The van der Waals surface area contributed by atoms with Crippen molar-refractivity contribution in [1.29, 1.82) is 0 Å². The van der Waals surface area contributed by atoms with Crippen LogP contribution < -0.4 is 10.7 Å². The first kappa shape index (κ1) is 19.9. The van der Waals surface area contributed by atoms with E-state index in [1.165, 1.54) is 18.2 Å². The number of benzene rings is 3. The predicted molar refractivity (Wildman–Crippen MR) is 112 cm³/mol. The van der Waals surface area contributed by atoms with Crippen molar-refractivity contribution in [3.8, 4) is 0 Å². The zero-order valence-corrected chi connectivity index (χ0v) is 16.1. The highest BCUT2D eigenvalue weighted by molar-refractivity contribution is 6.06. The van der Waals surface area contributed by atoms with Crippen molar-refractivity contribution in [2.45, 2.75) is 13.8 Å². The van der Waals surface area contributed by atoms with E-state index in [1.807, 2.05) is 19.1 Å². The lowest BCUT2D eigenvalue weighted by Crippen LogP contribution is -2.19. The summed E-state index contributed by atoms with van der Waals surface area (Å²) in [6.07, 6.45) is 0. The molecule has 2 N–H and O–H groups in total. The molecule has 6 heteroatoms. The number of nitrogens with zero attached hydrogens (tertiary/aromatic N) is 1. The standard InChI is InChI=1S/C23H20FN3O2/c1-15-10-12-17(13-11-15)22(28)27-26-16(2)18-6-5-7-19(14-18)25-23(29)20-8-3-4-9-21(20)24/h3-14H,1-2H3,(H,25,29)(H,27,28)/b26-16-. The predicted octanol–water partition coefficient (Wildman–Crippen LogP) is 4.54. The smallest absolute Gasteiger partial charge is 0.271 e. The topological polar surface area (TPSA) is 70.6 Å². The Morgan fingerprint density at radius 3 is 2.31 bits per heavy atom. The Morgan fingerprint density at radius 1 is 0.862 bits per heavy atom. The maximum Gasteiger partial charge on any atom is 0.271 e. The maximum atomic E-state index is 13.8. The molecule has 29 heavy (non-hydrogen) atoms. The van der Waals surface area contributed by atoms with Crippen molar-refractivity contribution in [3.63, 3.8) is 0 Å². The molecule has 0 heterocycles. The summed E-state index contributed by atoms with van der Waals surface area (Å²) < 4.78 is 13.8. The van der Waals surface area contributed by atoms with Crippen LogP contribution in [0.3, 0.4) is 0 Å². The minimum Gasteiger partial charge on any atom is -0.322 e. The molecule has 2 amide bonds. The van der Waals surface area contributed by atoms with Crippen molar-refractivity contribution < 1.29 is 14.0 Å². The van der Waals surface area contributed by atoms with Crippen LogP contribution in [-0.2, 0) is 0 Å². The lowest BCUT2D eigenvalue weighted by Gasteiger charge is -2.08. The Kier molecular flexibility index (Phi) is 6.14. The van der Waals surface area contributed by atoms with Crippen molar-refractivity contribution in [2.24, 2.45) is 5.10 Å². The zero-order valence-electron chi connectivity index (χ0n) is 16.1. The van der Waals surface area contributed by atoms with Crippen LogP contribution in [0.5, 0.6) is 0 Å². The molecule has 3 aromatic carbocycles. The van der Waals surface area contributed by atoms with Gasteiger partial charge in [0, 0.05) is 11.3 Å². The fraction of sp³-hybridized carbons (Fsp3) is 0.0870. The quantitative estimate of drug-likeness (QED) is 0.497. The van der Waals surface area contributed by atoms with Crippen molar-refractivity contribution in [3.05, 3.63) is 101 Å². The second-order valence-electron chi connectivity index (χ2n) is 6.52. The van der Waals surface area contributed by atoms with Crippen LogP contribution in [-0.4, -0.2) is 17.5 Å². The van der Waals surface area contributed by atoms with Crippen molar-refractivity contribution in [1.82, 2.24) is 5.43 Å². The average Bonchev–Trinajstić information content (AvgIpc) is 2.72. The number of hydrogen-bond donors (Lipinski definition) is 2. The number of carbonyl (C=O) groups is 2. The lowest BCUT2D eigenvalue weighted by molar-refractivity contribution is 0.0954. The summed E-state index contributed by atoms with van der Waals surface area (Å²) in [4.78, 5) is 24.5. The van der Waals surface area contributed by atoms with E-state index in [2.05, 4.69) is 15.8 Å². The Hall–Kier alpha value is -3.80. The Balaban J connectivity index is 1.70. The van der Waals surface area contributed by atoms with Crippen LogP contribution in [0.25, 0.3) is 0 Å². The number of amides is 2. The molecule has 0 fully saturated rings. The number of carbonyl (C=O) groups excluding carboxylic acids is 2. The van der Waals surface area contributed by atoms with Crippen molar-refractivity contribution >= 4 is 23.2 Å². The second kappa shape index (κ2) is 8.93. The van der Waals surface area contributed by atoms with Gasteiger partial charge in [-0.15, -0.1) is 0 Å².